The molecule has 9 heteroatoms. The zero-order valence-electron chi connectivity index (χ0n) is 14.6. The topological polar surface area (TPSA) is 107 Å². The van der Waals surface area contributed by atoms with Crippen LogP contribution in [0.25, 0.3) is 0 Å². The smallest absolute Gasteiger partial charge is 0.273 e. The summed E-state index contributed by atoms with van der Waals surface area (Å²) < 4.78 is 26.6. The third-order valence-corrected chi connectivity index (χ3v) is 6.01. The highest BCUT2D eigenvalue weighted by Gasteiger charge is 2.26. The zero-order chi connectivity index (χ0) is 17.9. The maximum Gasteiger partial charge on any atom is 0.273 e. The number of halogens is 1. The average Bonchev–Trinajstić information content (AvgIpc) is 2.43. The molecule has 0 aliphatic carbocycles. The molecule has 0 saturated carbocycles. The lowest BCUT2D eigenvalue weighted by Gasteiger charge is -2.22. The van der Waals surface area contributed by atoms with Gasteiger partial charge >= 0.3 is 0 Å². The van der Waals surface area contributed by atoms with Gasteiger partial charge in [-0.1, -0.05) is 13.8 Å². The van der Waals surface area contributed by atoms with E-state index < -0.39 is 14.9 Å². The van der Waals surface area contributed by atoms with Crippen molar-refractivity contribution in [2.75, 3.05) is 13.6 Å². The van der Waals surface area contributed by atoms with Crippen molar-refractivity contribution in [3.8, 4) is 0 Å². The van der Waals surface area contributed by atoms with Gasteiger partial charge in [-0.05, 0) is 37.8 Å². The number of nitrogens with two attached hydrogens (primary N) is 1. The van der Waals surface area contributed by atoms with Gasteiger partial charge in [0.15, 0.2) is 0 Å². The maximum absolute atomic E-state index is 12.7. The van der Waals surface area contributed by atoms with Crippen molar-refractivity contribution in [1.29, 1.82) is 0 Å². The third-order valence-electron chi connectivity index (χ3n) is 4.01. The van der Waals surface area contributed by atoms with E-state index in [0.717, 1.165) is 6.07 Å². The molecule has 0 fully saturated rings. The molecule has 2 N–H and O–H groups in total. The first-order valence-corrected chi connectivity index (χ1v) is 8.90. The molecule has 0 aliphatic heterocycles. The predicted molar refractivity (Wildman–Crippen MR) is 97.1 cm³/mol. The number of hydrogen-bond donors (Lipinski definition) is 1. The van der Waals surface area contributed by atoms with Crippen molar-refractivity contribution in [3.05, 3.63) is 33.4 Å². The molecular formula is C15H26ClN3O4S. The summed E-state index contributed by atoms with van der Waals surface area (Å²) in [7, 11) is -2.32. The van der Waals surface area contributed by atoms with E-state index >= 15 is 0 Å². The van der Waals surface area contributed by atoms with Crippen LogP contribution in [-0.4, -0.2) is 37.3 Å². The van der Waals surface area contributed by atoms with Crippen molar-refractivity contribution in [2.45, 2.75) is 45.1 Å². The molecule has 0 spiro atoms. The van der Waals surface area contributed by atoms with Gasteiger partial charge in [0.2, 0.25) is 10.0 Å². The predicted octanol–water partition coefficient (Wildman–Crippen LogP) is 2.63. The second-order valence-electron chi connectivity index (χ2n) is 6.18. The Kier molecular flexibility index (Phi) is 8.31. The SMILES string of the molecule is Cc1cc(C)c(S(=O)(=O)N(C)CCC(N)C(C)C)cc1[N+](=O)[O-].Cl. The minimum atomic E-state index is -3.79. The van der Waals surface area contributed by atoms with Crippen LogP contribution in [0.2, 0.25) is 0 Å². The zero-order valence-corrected chi connectivity index (χ0v) is 16.3. The Balaban J connectivity index is 0.00000529. The molecule has 0 heterocycles. The van der Waals surface area contributed by atoms with Crippen molar-refractivity contribution in [1.82, 2.24) is 4.31 Å². The first-order valence-electron chi connectivity index (χ1n) is 7.46. The number of aryl methyl sites for hydroxylation is 2. The Hall–Kier alpha value is -1.22. The van der Waals surface area contributed by atoms with E-state index in [1.54, 1.807) is 13.8 Å². The number of nitro groups is 1. The molecule has 0 bridgehead atoms. The molecule has 1 atom stereocenters. The van der Waals surface area contributed by atoms with Crippen LogP contribution < -0.4 is 5.73 Å². The first kappa shape index (κ1) is 22.8. The molecule has 1 rings (SSSR count). The van der Waals surface area contributed by atoms with Gasteiger partial charge in [-0.15, -0.1) is 12.4 Å². The van der Waals surface area contributed by atoms with E-state index in [9.17, 15) is 18.5 Å². The second-order valence-corrected chi connectivity index (χ2v) is 8.20. The molecule has 0 aromatic heterocycles. The second kappa shape index (κ2) is 8.75. The fraction of sp³-hybridized carbons (Fsp3) is 0.600. The van der Waals surface area contributed by atoms with Crippen molar-refractivity contribution in [3.63, 3.8) is 0 Å². The van der Waals surface area contributed by atoms with Gasteiger partial charge in [-0.25, -0.2) is 12.7 Å². The van der Waals surface area contributed by atoms with Crippen LogP contribution in [-0.2, 0) is 10.0 Å². The number of benzene rings is 1. The van der Waals surface area contributed by atoms with Gasteiger partial charge in [-0.3, -0.25) is 10.1 Å². The number of hydrogen-bond acceptors (Lipinski definition) is 5. The number of sulfonamides is 1. The molecule has 0 saturated heterocycles. The molecule has 0 radical (unpaired) electrons. The molecule has 1 aromatic rings. The third kappa shape index (κ3) is 5.14. The summed E-state index contributed by atoms with van der Waals surface area (Å²) in [5.74, 6) is 0.258. The van der Waals surface area contributed by atoms with Crippen LogP contribution in [0.1, 0.15) is 31.4 Å². The molecule has 1 unspecified atom stereocenters. The molecule has 7 nitrogen and oxygen atoms in total. The highest BCUT2D eigenvalue weighted by atomic mass is 35.5. The van der Waals surface area contributed by atoms with E-state index in [0.29, 0.717) is 17.5 Å². The first-order chi connectivity index (χ1) is 10.5. The van der Waals surface area contributed by atoms with Gasteiger partial charge in [0.1, 0.15) is 0 Å². The number of nitro benzene ring substituents is 1. The van der Waals surface area contributed by atoms with Crippen LogP contribution >= 0.6 is 12.4 Å². The molecule has 0 amide bonds. The Morgan fingerprint density at radius 3 is 2.25 bits per heavy atom. The van der Waals surface area contributed by atoms with Gasteiger partial charge in [0.25, 0.3) is 5.69 Å². The number of rotatable bonds is 7. The van der Waals surface area contributed by atoms with Crippen LogP contribution in [0.5, 0.6) is 0 Å². The minimum absolute atomic E-state index is 0. The fourth-order valence-corrected chi connectivity index (χ4v) is 3.66. The van der Waals surface area contributed by atoms with Crippen LogP contribution in [0.15, 0.2) is 17.0 Å². The van der Waals surface area contributed by atoms with Gasteiger partial charge in [0, 0.05) is 31.3 Å². The normalized spacial score (nSPS) is 13.0. The summed E-state index contributed by atoms with van der Waals surface area (Å²) in [5, 5.41) is 11.1. The van der Waals surface area contributed by atoms with E-state index in [2.05, 4.69) is 0 Å². The standard InChI is InChI=1S/C15H25N3O4S.ClH/c1-10(2)13(16)6-7-17(5)23(21,22)15-9-14(18(19)20)11(3)8-12(15)4;/h8-10,13H,6-7,16H2,1-5H3;1H. The molecule has 1 aromatic carbocycles. The van der Waals surface area contributed by atoms with Crippen molar-refractivity contribution < 1.29 is 13.3 Å². The van der Waals surface area contributed by atoms with E-state index in [1.165, 1.54) is 17.4 Å². The summed E-state index contributed by atoms with van der Waals surface area (Å²) in [5.41, 5.74) is 6.69. The Morgan fingerprint density at radius 1 is 1.25 bits per heavy atom. The quantitative estimate of drug-likeness (QED) is 0.578. The molecule has 24 heavy (non-hydrogen) atoms. The van der Waals surface area contributed by atoms with Crippen LogP contribution in [0, 0.1) is 29.9 Å². The fourth-order valence-electron chi connectivity index (χ4n) is 2.25. The maximum atomic E-state index is 12.7. The lowest BCUT2D eigenvalue weighted by Crippen LogP contribution is -2.35. The Labute approximate surface area is 149 Å². The summed E-state index contributed by atoms with van der Waals surface area (Å²) >= 11 is 0. The monoisotopic (exact) mass is 379 g/mol. The molecule has 0 aliphatic rings. The average molecular weight is 380 g/mol. The summed E-state index contributed by atoms with van der Waals surface area (Å²) in [4.78, 5) is 10.5. The number of nitrogens with zero attached hydrogens (tertiary/aromatic N) is 2. The van der Waals surface area contributed by atoms with Crippen molar-refractivity contribution >= 4 is 28.1 Å². The molecular weight excluding hydrogens is 354 g/mol. The highest BCUT2D eigenvalue weighted by Crippen LogP contribution is 2.27. The Morgan fingerprint density at radius 2 is 1.79 bits per heavy atom. The molecule has 138 valence electrons. The largest absolute Gasteiger partial charge is 0.327 e. The minimum Gasteiger partial charge on any atom is -0.327 e. The van der Waals surface area contributed by atoms with Gasteiger partial charge in [-0.2, -0.15) is 0 Å². The van der Waals surface area contributed by atoms with Crippen molar-refractivity contribution in [2.24, 2.45) is 11.7 Å². The van der Waals surface area contributed by atoms with Crippen LogP contribution in [0.4, 0.5) is 5.69 Å². The van der Waals surface area contributed by atoms with Gasteiger partial charge in [0.05, 0.1) is 9.82 Å². The van der Waals surface area contributed by atoms with Crippen LogP contribution in [0.3, 0.4) is 0 Å². The lowest BCUT2D eigenvalue weighted by molar-refractivity contribution is -0.385. The van der Waals surface area contributed by atoms with Gasteiger partial charge < -0.3 is 5.73 Å². The van der Waals surface area contributed by atoms with E-state index in [-0.39, 0.29) is 41.5 Å². The summed E-state index contributed by atoms with van der Waals surface area (Å²) in [6.45, 7) is 7.45. The Bertz CT molecular complexity index is 692. The summed E-state index contributed by atoms with van der Waals surface area (Å²) in [6, 6.07) is 2.57. The van der Waals surface area contributed by atoms with E-state index in [1.807, 2.05) is 13.8 Å². The lowest BCUT2D eigenvalue weighted by atomic mass is 10.0. The van der Waals surface area contributed by atoms with E-state index in [4.69, 9.17) is 5.73 Å². The highest BCUT2D eigenvalue weighted by molar-refractivity contribution is 7.89. The summed E-state index contributed by atoms with van der Waals surface area (Å²) in [6.07, 6.45) is 0.528.